The average molecular weight is 417 g/mol. The third-order valence-electron chi connectivity index (χ3n) is 5.05. The molecule has 2 aromatic carbocycles. The number of nitro benzene ring substituents is 1. The lowest BCUT2D eigenvalue weighted by atomic mass is 9.96. The smallest absolute Gasteiger partial charge is 0.269 e. The van der Waals surface area contributed by atoms with Gasteiger partial charge in [0.05, 0.1) is 11.5 Å². The van der Waals surface area contributed by atoms with Gasteiger partial charge < -0.3 is 4.74 Å². The minimum absolute atomic E-state index is 0.0102. The van der Waals surface area contributed by atoms with Gasteiger partial charge in [-0.2, -0.15) is 0 Å². The maximum absolute atomic E-state index is 12.6. The molecule has 1 fully saturated rings. The molecule has 2 unspecified atom stereocenters. The minimum Gasteiger partial charge on any atom is -0.357 e. The Labute approximate surface area is 159 Å². The van der Waals surface area contributed by atoms with E-state index in [-0.39, 0.29) is 23.7 Å². The maximum Gasteiger partial charge on any atom is 0.269 e. The van der Waals surface area contributed by atoms with E-state index in [4.69, 9.17) is 4.74 Å². The molecule has 134 valence electrons. The first-order chi connectivity index (χ1) is 12.5. The van der Waals surface area contributed by atoms with E-state index in [0.717, 1.165) is 23.0 Å². The second-order valence-corrected chi connectivity index (χ2v) is 7.52. The number of rotatable bonds is 4. The summed E-state index contributed by atoms with van der Waals surface area (Å²) in [6, 6.07) is 12.1. The molecule has 0 bridgehead atoms. The van der Waals surface area contributed by atoms with Crippen LogP contribution in [0.5, 0.6) is 0 Å². The molecule has 2 aromatic rings. The summed E-state index contributed by atoms with van der Waals surface area (Å²) < 4.78 is 7.02. The van der Waals surface area contributed by atoms with Crippen LogP contribution in [0.15, 0.2) is 46.9 Å². The van der Waals surface area contributed by atoms with E-state index in [9.17, 15) is 14.9 Å². The molecular formula is C19H17BrN2O4. The Morgan fingerprint density at radius 1 is 1.27 bits per heavy atom. The van der Waals surface area contributed by atoms with E-state index in [1.165, 1.54) is 29.8 Å². The van der Waals surface area contributed by atoms with Crippen molar-refractivity contribution in [3.8, 4) is 0 Å². The summed E-state index contributed by atoms with van der Waals surface area (Å²) in [4.78, 5) is 25.1. The molecule has 4 rings (SSSR count). The van der Waals surface area contributed by atoms with Gasteiger partial charge in [-0.15, -0.1) is 0 Å². The van der Waals surface area contributed by atoms with Crippen LogP contribution in [0, 0.1) is 10.1 Å². The largest absolute Gasteiger partial charge is 0.357 e. The standard InChI is InChI=1S/C19H17BrN2O4/c20-14-4-1-12-7-8-21-16(11-26-19(21)17(12)9-14)10-18(23)13-2-5-15(6-3-13)22(24)25/h1-6,9,16,19H,7-8,10-11H2. The lowest BCUT2D eigenvalue weighted by molar-refractivity contribution is -0.384. The summed E-state index contributed by atoms with van der Waals surface area (Å²) in [7, 11) is 0. The number of nitro groups is 1. The van der Waals surface area contributed by atoms with E-state index in [1.807, 2.05) is 6.07 Å². The fourth-order valence-corrected chi connectivity index (χ4v) is 4.08. The number of ketones is 1. The molecule has 0 saturated carbocycles. The molecule has 2 aliphatic rings. The van der Waals surface area contributed by atoms with Gasteiger partial charge in [0, 0.05) is 41.2 Å². The van der Waals surface area contributed by atoms with Crippen molar-refractivity contribution in [3.05, 3.63) is 73.7 Å². The van der Waals surface area contributed by atoms with Gasteiger partial charge in [0.25, 0.3) is 5.69 Å². The number of carbonyl (C=O) groups is 1. The maximum atomic E-state index is 12.6. The molecule has 7 heteroatoms. The van der Waals surface area contributed by atoms with E-state index >= 15 is 0 Å². The van der Waals surface area contributed by atoms with Gasteiger partial charge in [0.1, 0.15) is 6.23 Å². The average Bonchev–Trinajstić information content (AvgIpc) is 3.05. The van der Waals surface area contributed by atoms with Gasteiger partial charge in [-0.1, -0.05) is 22.0 Å². The second-order valence-electron chi connectivity index (χ2n) is 6.60. The Balaban J connectivity index is 1.48. The number of hydrogen-bond donors (Lipinski definition) is 0. The Kier molecular flexibility index (Phi) is 4.60. The molecule has 0 radical (unpaired) electrons. The molecule has 2 heterocycles. The van der Waals surface area contributed by atoms with Crippen LogP contribution < -0.4 is 0 Å². The zero-order valence-corrected chi connectivity index (χ0v) is 15.5. The van der Waals surface area contributed by atoms with Crippen LogP contribution >= 0.6 is 15.9 Å². The van der Waals surface area contributed by atoms with E-state index in [1.54, 1.807) is 0 Å². The van der Waals surface area contributed by atoms with Gasteiger partial charge in [0.2, 0.25) is 0 Å². The van der Waals surface area contributed by atoms with Gasteiger partial charge in [-0.25, -0.2) is 0 Å². The van der Waals surface area contributed by atoms with Crippen LogP contribution in [0.4, 0.5) is 5.69 Å². The van der Waals surface area contributed by atoms with Crippen molar-refractivity contribution >= 4 is 27.4 Å². The van der Waals surface area contributed by atoms with Crippen molar-refractivity contribution in [2.75, 3.05) is 13.2 Å². The zero-order chi connectivity index (χ0) is 18.3. The second kappa shape index (κ2) is 6.90. The van der Waals surface area contributed by atoms with Crippen LogP contribution in [0.2, 0.25) is 0 Å². The SMILES string of the molecule is O=C(CC1COC2c3cc(Br)ccc3CCN12)c1ccc([N+](=O)[O-])cc1. The van der Waals surface area contributed by atoms with Crippen molar-refractivity contribution in [2.24, 2.45) is 0 Å². The number of ether oxygens (including phenoxy) is 1. The Morgan fingerprint density at radius 2 is 2.04 bits per heavy atom. The Hall–Kier alpha value is -2.09. The number of non-ortho nitro benzene ring substituents is 1. The quantitative estimate of drug-likeness (QED) is 0.429. The normalized spacial score (nSPS) is 21.9. The minimum atomic E-state index is -0.465. The monoisotopic (exact) mass is 416 g/mol. The third kappa shape index (κ3) is 3.18. The molecule has 26 heavy (non-hydrogen) atoms. The zero-order valence-electron chi connectivity index (χ0n) is 13.9. The van der Waals surface area contributed by atoms with Crippen molar-refractivity contribution in [3.63, 3.8) is 0 Å². The van der Waals surface area contributed by atoms with Crippen LogP contribution in [0.1, 0.15) is 34.1 Å². The van der Waals surface area contributed by atoms with Gasteiger partial charge in [0.15, 0.2) is 5.78 Å². The Bertz CT molecular complexity index is 868. The number of nitrogens with zero attached hydrogens (tertiary/aromatic N) is 2. The van der Waals surface area contributed by atoms with Gasteiger partial charge in [-0.3, -0.25) is 19.8 Å². The highest BCUT2D eigenvalue weighted by atomic mass is 79.9. The predicted octanol–water partition coefficient (Wildman–Crippen LogP) is 3.89. The van der Waals surface area contributed by atoms with Crippen molar-refractivity contribution in [1.29, 1.82) is 0 Å². The van der Waals surface area contributed by atoms with Crippen LogP contribution in [0.3, 0.4) is 0 Å². The summed E-state index contributed by atoms with van der Waals surface area (Å²) in [5.41, 5.74) is 2.94. The topological polar surface area (TPSA) is 72.7 Å². The third-order valence-corrected chi connectivity index (χ3v) is 5.54. The molecule has 0 aromatic heterocycles. The van der Waals surface area contributed by atoms with E-state index < -0.39 is 4.92 Å². The molecule has 2 aliphatic heterocycles. The molecular weight excluding hydrogens is 400 g/mol. The first-order valence-corrected chi connectivity index (χ1v) is 9.25. The fraction of sp³-hybridized carbons (Fsp3) is 0.316. The molecule has 0 N–H and O–H groups in total. The molecule has 0 spiro atoms. The number of benzene rings is 2. The highest BCUT2D eigenvalue weighted by Crippen LogP contribution is 2.38. The van der Waals surface area contributed by atoms with Crippen LogP contribution in [-0.4, -0.2) is 34.8 Å². The summed E-state index contributed by atoms with van der Waals surface area (Å²) in [6.07, 6.45) is 1.17. The number of halogens is 1. The lowest BCUT2D eigenvalue weighted by Crippen LogP contribution is -2.39. The van der Waals surface area contributed by atoms with Crippen LogP contribution in [-0.2, 0) is 11.2 Å². The summed E-state index contributed by atoms with van der Waals surface area (Å²) in [5, 5.41) is 10.7. The Morgan fingerprint density at radius 3 is 2.77 bits per heavy atom. The highest BCUT2D eigenvalue weighted by molar-refractivity contribution is 9.10. The fourth-order valence-electron chi connectivity index (χ4n) is 3.70. The molecule has 6 nitrogen and oxygen atoms in total. The number of fused-ring (bicyclic) bond motifs is 3. The summed E-state index contributed by atoms with van der Waals surface area (Å²) in [5.74, 6) is -0.0193. The van der Waals surface area contributed by atoms with Crippen molar-refractivity contribution in [1.82, 2.24) is 4.90 Å². The molecule has 2 atom stereocenters. The highest BCUT2D eigenvalue weighted by Gasteiger charge is 2.39. The number of Topliss-reactive ketones (excluding diaryl/α,β-unsaturated/α-hetero) is 1. The molecule has 0 aliphatic carbocycles. The van der Waals surface area contributed by atoms with Gasteiger partial charge in [-0.05, 0) is 41.8 Å². The van der Waals surface area contributed by atoms with E-state index in [2.05, 4.69) is 33.0 Å². The van der Waals surface area contributed by atoms with Gasteiger partial charge >= 0.3 is 0 Å². The van der Waals surface area contributed by atoms with Crippen LogP contribution in [0.25, 0.3) is 0 Å². The number of hydrogen-bond acceptors (Lipinski definition) is 5. The number of carbonyl (C=O) groups excluding carboxylic acids is 1. The van der Waals surface area contributed by atoms with Crippen molar-refractivity contribution < 1.29 is 14.5 Å². The first-order valence-electron chi connectivity index (χ1n) is 8.46. The summed E-state index contributed by atoms with van der Waals surface area (Å²) >= 11 is 3.51. The first kappa shape index (κ1) is 17.3. The predicted molar refractivity (Wildman–Crippen MR) is 99.1 cm³/mol. The lowest BCUT2D eigenvalue weighted by Gasteiger charge is -2.33. The van der Waals surface area contributed by atoms with Crippen molar-refractivity contribution in [2.45, 2.75) is 25.1 Å². The molecule has 1 saturated heterocycles. The summed E-state index contributed by atoms with van der Waals surface area (Å²) in [6.45, 7) is 1.37. The molecule has 0 amide bonds. The van der Waals surface area contributed by atoms with E-state index in [0.29, 0.717) is 18.6 Å².